The van der Waals surface area contributed by atoms with Gasteiger partial charge in [0.05, 0.1) is 24.2 Å². The number of benzene rings is 2. The molecule has 3 aromatic rings. The van der Waals surface area contributed by atoms with Gasteiger partial charge in [0.15, 0.2) is 0 Å². The van der Waals surface area contributed by atoms with Crippen LogP contribution in [0, 0.1) is 0 Å². The number of rotatable bonds is 6. The lowest BCUT2D eigenvalue weighted by atomic mass is 9.92. The molecule has 0 radical (unpaired) electrons. The van der Waals surface area contributed by atoms with Gasteiger partial charge in [-0.15, -0.1) is 0 Å². The molecule has 2 aliphatic rings. The molecule has 2 fully saturated rings. The van der Waals surface area contributed by atoms with Crippen molar-refractivity contribution in [2.75, 3.05) is 44.7 Å². The molecule has 1 aromatic heterocycles. The molecule has 2 aliphatic heterocycles. The number of piperidine rings is 1. The zero-order valence-electron chi connectivity index (χ0n) is 19.9. The molecule has 2 N–H and O–H groups in total. The molecular formula is C26H32N4O4S. The van der Waals surface area contributed by atoms with Gasteiger partial charge in [-0.2, -0.15) is 4.31 Å². The molecule has 2 aromatic carbocycles. The van der Waals surface area contributed by atoms with Crippen LogP contribution < -0.4 is 5.32 Å². The minimum absolute atomic E-state index is 0.130. The second kappa shape index (κ2) is 10.1. The molecule has 1 amide bonds. The molecule has 1 unspecified atom stereocenters. The van der Waals surface area contributed by atoms with Crippen LogP contribution >= 0.6 is 0 Å². The highest BCUT2D eigenvalue weighted by molar-refractivity contribution is 7.89. The summed E-state index contributed by atoms with van der Waals surface area (Å²) < 4.78 is 32.6. The first-order chi connectivity index (χ1) is 16.9. The summed E-state index contributed by atoms with van der Waals surface area (Å²) in [5.74, 6) is 0.325. The molecule has 0 spiro atoms. The number of amides is 1. The average molecular weight is 497 g/mol. The van der Waals surface area contributed by atoms with Crippen LogP contribution in [0.15, 0.2) is 59.5 Å². The number of morpholine rings is 1. The standard InChI is InChI=1S/C26H32N4O4S/c1-19(29-11-9-20(10-12-29)25-17-21-5-2-3-8-24(21)28-25)26(31)27-22-6-4-7-23(18-22)35(32,33)30-13-15-34-16-14-30/h2-8,17-20,28H,9-16H2,1H3,(H,27,31). The van der Waals surface area contributed by atoms with Gasteiger partial charge in [-0.25, -0.2) is 8.42 Å². The Kier molecular flexibility index (Phi) is 6.93. The molecule has 0 bridgehead atoms. The summed E-state index contributed by atoms with van der Waals surface area (Å²) in [5, 5.41) is 4.15. The largest absolute Gasteiger partial charge is 0.379 e. The van der Waals surface area contributed by atoms with Crippen LogP contribution in [-0.2, 0) is 19.6 Å². The minimum atomic E-state index is -3.61. The Hall–Kier alpha value is -2.72. The Labute approximate surface area is 206 Å². The van der Waals surface area contributed by atoms with Crippen molar-refractivity contribution in [2.24, 2.45) is 0 Å². The van der Waals surface area contributed by atoms with E-state index in [-0.39, 0.29) is 16.8 Å². The van der Waals surface area contributed by atoms with Crippen molar-refractivity contribution < 1.29 is 17.9 Å². The number of aromatic nitrogens is 1. The highest BCUT2D eigenvalue weighted by Gasteiger charge is 2.29. The van der Waals surface area contributed by atoms with Gasteiger partial charge in [-0.3, -0.25) is 9.69 Å². The van der Waals surface area contributed by atoms with E-state index in [9.17, 15) is 13.2 Å². The number of nitrogens with zero attached hydrogens (tertiary/aromatic N) is 2. The van der Waals surface area contributed by atoms with E-state index < -0.39 is 10.0 Å². The topological polar surface area (TPSA) is 94.7 Å². The zero-order chi connectivity index (χ0) is 24.4. The molecule has 9 heteroatoms. The van der Waals surface area contributed by atoms with Gasteiger partial charge in [0.2, 0.25) is 15.9 Å². The number of carbonyl (C=O) groups excluding carboxylic acids is 1. The number of likely N-dealkylation sites (tertiary alicyclic amines) is 1. The fourth-order valence-corrected chi connectivity index (χ4v) is 6.45. The molecule has 186 valence electrons. The lowest BCUT2D eigenvalue weighted by molar-refractivity contribution is -0.121. The van der Waals surface area contributed by atoms with Gasteiger partial charge in [0.1, 0.15) is 0 Å². The summed E-state index contributed by atoms with van der Waals surface area (Å²) >= 11 is 0. The van der Waals surface area contributed by atoms with Crippen LogP contribution in [0.4, 0.5) is 5.69 Å². The van der Waals surface area contributed by atoms with Gasteiger partial charge in [0, 0.05) is 35.9 Å². The quantitative estimate of drug-likeness (QED) is 0.546. The molecule has 0 saturated carbocycles. The molecule has 35 heavy (non-hydrogen) atoms. The highest BCUT2D eigenvalue weighted by Crippen LogP contribution is 2.31. The summed E-state index contributed by atoms with van der Waals surface area (Å²) in [4.78, 5) is 18.9. The Morgan fingerprint density at radius 1 is 1.03 bits per heavy atom. The average Bonchev–Trinajstić information content (AvgIpc) is 3.33. The lowest BCUT2D eigenvalue weighted by Gasteiger charge is -2.35. The highest BCUT2D eigenvalue weighted by atomic mass is 32.2. The SMILES string of the molecule is CC(C(=O)Nc1cccc(S(=O)(=O)N2CCOCC2)c1)N1CCC(c2cc3ccccc3[nH]2)CC1. The molecule has 2 saturated heterocycles. The predicted molar refractivity (Wildman–Crippen MR) is 136 cm³/mol. The van der Waals surface area contributed by atoms with Crippen LogP contribution in [0.25, 0.3) is 10.9 Å². The van der Waals surface area contributed by atoms with Crippen molar-refractivity contribution in [3.05, 3.63) is 60.3 Å². The Balaban J connectivity index is 1.19. The number of hydrogen-bond acceptors (Lipinski definition) is 5. The number of H-pyrrole nitrogens is 1. The van der Waals surface area contributed by atoms with E-state index in [4.69, 9.17) is 4.74 Å². The monoisotopic (exact) mass is 496 g/mol. The number of fused-ring (bicyclic) bond motifs is 1. The fraction of sp³-hybridized carbons (Fsp3) is 0.423. The van der Waals surface area contributed by atoms with Crippen molar-refractivity contribution in [1.82, 2.24) is 14.2 Å². The predicted octanol–water partition coefficient (Wildman–Crippen LogP) is 3.40. The molecule has 0 aliphatic carbocycles. The summed E-state index contributed by atoms with van der Waals surface area (Å²) in [6, 6.07) is 16.7. The van der Waals surface area contributed by atoms with E-state index in [0.717, 1.165) is 31.4 Å². The summed E-state index contributed by atoms with van der Waals surface area (Å²) in [5.41, 5.74) is 2.92. The van der Waals surface area contributed by atoms with Crippen molar-refractivity contribution in [3.63, 3.8) is 0 Å². The second-order valence-electron chi connectivity index (χ2n) is 9.33. The van der Waals surface area contributed by atoms with Crippen LogP contribution in [0.2, 0.25) is 0 Å². The second-order valence-corrected chi connectivity index (χ2v) is 11.3. The van der Waals surface area contributed by atoms with E-state index in [2.05, 4.69) is 39.5 Å². The molecule has 3 heterocycles. The summed E-state index contributed by atoms with van der Waals surface area (Å²) in [6.45, 7) is 5.04. The van der Waals surface area contributed by atoms with Gasteiger partial charge in [-0.1, -0.05) is 24.3 Å². The first-order valence-corrected chi connectivity index (χ1v) is 13.7. The Bertz CT molecular complexity index is 1260. The Morgan fingerprint density at radius 3 is 2.51 bits per heavy atom. The first kappa shape index (κ1) is 24.0. The lowest BCUT2D eigenvalue weighted by Crippen LogP contribution is -2.45. The fourth-order valence-electron chi connectivity index (χ4n) is 5.00. The maximum atomic E-state index is 13.0. The third-order valence-corrected chi connectivity index (χ3v) is 9.05. The number of nitrogens with one attached hydrogen (secondary N) is 2. The maximum absolute atomic E-state index is 13.0. The maximum Gasteiger partial charge on any atom is 0.243 e. The molecule has 1 atom stereocenters. The number of ether oxygens (including phenoxy) is 1. The first-order valence-electron chi connectivity index (χ1n) is 12.2. The molecule has 8 nitrogen and oxygen atoms in total. The van der Waals surface area contributed by atoms with Gasteiger partial charge < -0.3 is 15.0 Å². The van der Waals surface area contributed by atoms with E-state index in [1.54, 1.807) is 18.2 Å². The van der Waals surface area contributed by atoms with E-state index >= 15 is 0 Å². The van der Waals surface area contributed by atoms with Crippen LogP contribution in [0.3, 0.4) is 0 Å². The van der Waals surface area contributed by atoms with Gasteiger partial charge >= 0.3 is 0 Å². The molecular weight excluding hydrogens is 464 g/mol. The van der Waals surface area contributed by atoms with Gasteiger partial charge in [0.25, 0.3) is 0 Å². The van der Waals surface area contributed by atoms with E-state index in [1.165, 1.54) is 21.5 Å². The number of sulfonamides is 1. The number of carbonyl (C=O) groups is 1. The number of para-hydroxylation sites is 1. The van der Waals surface area contributed by atoms with Crippen molar-refractivity contribution in [3.8, 4) is 0 Å². The number of hydrogen-bond donors (Lipinski definition) is 2. The smallest absolute Gasteiger partial charge is 0.243 e. The minimum Gasteiger partial charge on any atom is -0.379 e. The third-order valence-electron chi connectivity index (χ3n) is 7.16. The van der Waals surface area contributed by atoms with Crippen LogP contribution in [-0.4, -0.2) is 73.9 Å². The van der Waals surface area contributed by atoms with Crippen molar-refractivity contribution in [1.29, 1.82) is 0 Å². The van der Waals surface area contributed by atoms with Crippen molar-refractivity contribution in [2.45, 2.75) is 36.6 Å². The zero-order valence-corrected chi connectivity index (χ0v) is 20.8. The third kappa shape index (κ3) is 5.13. The van der Waals surface area contributed by atoms with E-state index in [0.29, 0.717) is 37.9 Å². The number of anilines is 1. The summed E-state index contributed by atoms with van der Waals surface area (Å²) in [7, 11) is -3.61. The van der Waals surface area contributed by atoms with Crippen LogP contribution in [0.1, 0.15) is 31.4 Å². The van der Waals surface area contributed by atoms with Crippen molar-refractivity contribution >= 4 is 32.5 Å². The molecule has 5 rings (SSSR count). The summed E-state index contributed by atoms with van der Waals surface area (Å²) in [6.07, 6.45) is 1.97. The normalized spacial score (nSPS) is 19.6. The van der Waals surface area contributed by atoms with Crippen LogP contribution in [0.5, 0.6) is 0 Å². The van der Waals surface area contributed by atoms with Gasteiger partial charge in [-0.05, 0) is 68.6 Å². The van der Waals surface area contributed by atoms with E-state index in [1.807, 2.05) is 13.0 Å². The number of aromatic amines is 1. The Morgan fingerprint density at radius 2 is 1.77 bits per heavy atom.